The lowest BCUT2D eigenvalue weighted by molar-refractivity contribution is -0.384. The highest BCUT2D eigenvalue weighted by molar-refractivity contribution is 5.54. The molecule has 0 saturated carbocycles. The molecule has 0 atom stereocenters. The van der Waals surface area contributed by atoms with Gasteiger partial charge in [0.05, 0.1) is 11.5 Å². The van der Waals surface area contributed by atoms with Crippen molar-refractivity contribution in [2.75, 3.05) is 0 Å². The molecule has 1 aromatic heterocycles. The quantitative estimate of drug-likeness (QED) is 0.663. The first-order valence-electron chi connectivity index (χ1n) is 6.44. The van der Waals surface area contributed by atoms with E-state index in [1.807, 2.05) is 13.8 Å². The first-order valence-corrected chi connectivity index (χ1v) is 6.44. The highest BCUT2D eigenvalue weighted by atomic mass is 16.6. The summed E-state index contributed by atoms with van der Waals surface area (Å²) >= 11 is 0. The van der Waals surface area contributed by atoms with E-state index in [4.69, 9.17) is 5.11 Å². The van der Waals surface area contributed by atoms with E-state index < -0.39 is 4.92 Å². The fraction of sp³-hybridized carbons (Fsp3) is 0.385. The van der Waals surface area contributed by atoms with E-state index >= 15 is 0 Å². The van der Waals surface area contributed by atoms with Crippen molar-refractivity contribution in [3.8, 4) is 5.69 Å². The van der Waals surface area contributed by atoms with Crippen LogP contribution in [-0.4, -0.2) is 24.8 Å². The molecule has 0 radical (unpaired) electrons. The number of benzene rings is 1. The van der Waals surface area contributed by atoms with Gasteiger partial charge in [-0.05, 0) is 11.6 Å². The number of nitro groups is 1. The molecule has 0 aliphatic heterocycles. The third-order valence-electron chi connectivity index (χ3n) is 3.00. The summed E-state index contributed by atoms with van der Waals surface area (Å²) in [7, 11) is 0. The van der Waals surface area contributed by atoms with Crippen LogP contribution in [0.3, 0.4) is 0 Å². The van der Waals surface area contributed by atoms with Gasteiger partial charge in [-0.2, -0.15) is 5.10 Å². The number of rotatable bonds is 5. The van der Waals surface area contributed by atoms with Crippen molar-refractivity contribution in [1.29, 1.82) is 0 Å². The Kier molecular flexibility index (Phi) is 4.09. The summed E-state index contributed by atoms with van der Waals surface area (Å²) in [4.78, 5) is 15.1. The smallest absolute Gasteiger partial charge is 0.295 e. The van der Waals surface area contributed by atoms with Crippen molar-refractivity contribution in [2.24, 2.45) is 0 Å². The second kappa shape index (κ2) is 5.79. The number of hydrogen-bond acceptors (Lipinski definition) is 5. The molecule has 0 spiro atoms. The lowest BCUT2D eigenvalue weighted by Crippen LogP contribution is -2.06. The minimum atomic E-state index is -0.471. The van der Waals surface area contributed by atoms with Crippen molar-refractivity contribution < 1.29 is 10.0 Å². The van der Waals surface area contributed by atoms with Gasteiger partial charge in [0, 0.05) is 18.9 Å². The van der Waals surface area contributed by atoms with E-state index in [0.29, 0.717) is 35.7 Å². The third kappa shape index (κ3) is 2.53. The second-order valence-electron chi connectivity index (χ2n) is 4.30. The molecule has 106 valence electrons. The van der Waals surface area contributed by atoms with Crippen LogP contribution < -0.4 is 0 Å². The molecule has 2 aromatic rings. The Hall–Kier alpha value is -2.28. The summed E-state index contributed by atoms with van der Waals surface area (Å²) in [5, 5.41) is 24.6. The zero-order valence-corrected chi connectivity index (χ0v) is 11.4. The molecule has 7 heteroatoms. The van der Waals surface area contributed by atoms with Crippen molar-refractivity contribution in [1.82, 2.24) is 14.8 Å². The van der Waals surface area contributed by atoms with Crippen LogP contribution in [0.1, 0.15) is 31.1 Å². The van der Waals surface area contributed by atoms with Gasteiger partial charge in [-0.15, -0.1) is 0 Å². The van der Waals surface area contributed by atoms with Crippen LogP contribution in [0.15, 0.2) is 18.2 Å². The molecule has 2 rings (SSSR count). The van der Waals surface area contributed by atoms with Crippen LogP contribution in [0.5, 0.6) is 0 Å². The van der Waals surface area contributed by atoms with Gasteiger partial charge < -0.3 is 5.11 Å². The fourth-order valence-electron chi connectivity index (χ4n) is 1.96. The summed E-state index contributed by atoms with van der Waals surface area (Å²) in [6.45, 7) is 3.62. The number of nitro benzene ring substituents is 1. The van der Waals surface area contributed by atoms with Gasteiger partial charge in [0.25, 0.3) is 5.69 Å². The highest BCUT2D eigenvalue weighted by Gasteiger charge is 2.20. The van der Waals surface area contributed by atoms with Gasteiger partial charge in [0.2, 0.25) is 0 Å². The van der Waals surface area contributed by atoms with E-state index in [1.165, 1.54) is 10.7 Å². The van der Waals surface area contributed by atoms with E-state index in [0.717, 1.165) is 0 Å². The first-order chi connectivity index (χ1) is 9.60. The van der Waals surface area contributed by atoms with Gasteiger partial charge in [0.1, 0.15) is 11.5 Å². The number of aliphatic hydroxyl groups is 1. The van der Waals surface area contributed by atoms with Gasteiger partial charge in [-0.1, -0.05) is 19.9 Å². The molecule has 1 N–H and O–H groups in total. The summed E-state index contributed by atoms with van der Waals surface area (Å²) in [5.41, 5.74) is 0.782. The molecule has 7 nitrogen and oxygen atoms in total. The third-order valence-corrected chi connectivity index (χ3v) is 3.00. The Balaban J connectivity index is 2.62. The minimum Gasteiger partial charge on any atom is -0.392 e. The maximum atomic E-state index is 11.2. The number of hydrogen-bond donors (Lipinski definition) is 1. The van der Waals surface area contributed by atoms with Crippen LogP contribution in [-0.2, 0) is 19.4 Å². The molecule has 1 aromatic carbocycles. The largest absolute Gasteiger partial charge is 0.392 e. The van der Waals surface area contributed by atoms with E-state index in [1.54, 1.807) is 12.1 Å². The van der Waals surface area contributed by atoms with Gasteiger partial charge in [-0.3, -0.25) is 10.1 Å². The van der Waals surface area contributed by atoms with E-state index in [9.17, 15) is 10.1 Å². The molecular formula is C13H16N4O3. The molecule has 0 aliphatic carbocycles. The topological polar surface area (TPSA) is 94.1 Å². The maximum Gasteiger partial charge on any atom is 0.295 e. The summed E-state index contributed by atoms with van der Waals surface area (Å²) < 4.78 is 1.51. The zero-order valence-electron chi connectivity index (χ0n) is 11.4. The predicted molar refractivity (Wildman–Crippen MR) is 72.7 cm³/mol. The number of aromatic nitrogens is 3. The average Bonchev–Trinajstić information content (AvgIpc) is 2.89. The second-order valence-corrected chi connectivity index (χ2v) is 4.30. The van der Waals surface area contributed by atoms with Crippen LogP contribution >= 0.6 is 0 Å². The minimum absolute atomic E-state index is 0.0844. The Bertz CT molecular complexity index is 637. The lowest BCUT2D eigenvalue weighted by atomic mass is 10.2. The van der Waals surface area contributed by atoms with Crippen LogP contribution in [0, 0.1) is 10.1 Å². The van der Waals surface area contributed by atoms with Crippen LogP contribution in [0.2, 0.25) is 0 Å². The number of aliphatic hydroxyl groups excluding tert-OH is 1. The Morgan fingerprint density at radius 3 is 2.65 bits per heavy atom. The summed E-state index contributed by atoms with van der Waals surface area (Å²) in [5.74, 6) is 1.34. The molecule has 20 heavy (non-hydrogen) atoms. The van der Waals surface area contributed by atoms with E-state index in [2.05, 4.69) is 10.1 Å². The van der Waals surface area contributed by atoms with Gasteiger partial charge in [-0.25, -0.2) is 9.67 Å². The average molecular weight is 276 g/mol. The lowest BCUT2D eigenvalue weighted by Gasteiger charge is -2.06. The summed E-state index contributed by atoms with van der Waals surface area (Å²) in [6.07, 6.45) is 1.30. The molecule has 0 saturated heterocycles. The SMILES string of the molecule is CCc1nc(CC)n(-c2ccc(CO)cc2[N+](=O)[O-])n1. The normalized spacial score (nSPS) is 10.8. The number of nitrogens with zero attached hydrogens (tertiary/aromatic N) is 4. The highest BCUT2D eigenvalue weighted by Crippen LogP contribution is 2.25. The first kappa shape index (κ1) is 14.1. The van der Waals surface area contributed by atoms with Crippen molar-refractivity contribution in [2.45, 2.75) is 33.3 Å². The Labute approximate surface area is 116 Å². The molecule has 1 heterocycles. The molecular weight excluding hydrogens is 260 g/mol. The van der Waals surface area contributed by atoms with Crippen LogP contribution in [0.4, 0.5) is 5.69 Å². The monoisotopic (exact) mass is 276 g/mol. The van der Waals surface area contributed by atoms with Gasteiger partial charge in [0.15, 0.2) is 5.82 Å². The summed E-state index contributed by atoms with van der Waals surface area (Å²) in [6, 6.07) is 4.61. The number of aryl methyl sites for hydroxylation is 2. The van der Waals surface area contributed by atoms with Crippen molar-refractivity contribution in [3.63, 3.8) is 0 Å². The standard InChI is InChI=1S/C13H16N4O3/c1-3-12-14-13(4-2)16(15-12)10-6-5-9(8-18)7-11(10)17(19)20/h5-7,18H,3-4,8H2,1-2H3. The molecule has 0 unspecified atom stereocenters. The van der Waals surface area contributed by atoms with Crippen molar-refractivity contribution >= 4 is 5.69 Å². The zero-order chi connectivity index (χ0) is 14.7. The Morgan fingerprint density at radius 1 is 1.35 bits per heavy atom. The Morgan fingerprint density at radius 2 is 2.10 bits per heavy atom. The van der Waals surface area contributed by atoms with Crippen molar-refractivity contribution in [3.05, 3.63) is 45.5 Å². The molecule has 0 bridgehead atoms. The maximum absolute atomic E-state index is 11.2. The molecule has 0 amide bonds. The fourth-order valence-corrected chi connectivity index (χ4v) is 1.96. The van der Waals surface area contributed by atoms with E-state index in [-0.39, 0.29) is 12.3 Å². The molecule has 0 aliphatic rings. The van der Waals surface area contributed by atoms with Gasteiger partial charge >= 0.3 is 0 Å². The predicted octanol–water partition coefficient (Wildman–Crippen LogP) is 1.79. The molecule has 0 fully saturated rings. The van der Waals surface area contributed by atoms with Crippen LogP contribution in [0.25, 0.3) is 5.69 Å².